The zero-order valence-corrected chi connectivity index (χ0v) is 17.1. The Morgan fingerprint density at radius 2 is 1.64 bits per heavy atom. The number of fused-ring (bicyclic) bond motifs is 3. The van der Waals surface area contributed by atoms with Gasteiger partial charge in [0.15, 0.2) is 0 Å². The molecule has 2 aromatic carbocycles. The fourth-order valence-electron chi connectivity index (χ4n) is 4.40. The van der Waals surface area contributed by atoms with Gasteiger partial charge < -0.3 is 0 Å². The SMILES string of the molecule is CC(C)(C)C1=CC([Si](C)(C)c2cccc3c2Cc2ccccc2-3)C=C1. The van der Waals surface area contributed by atoms with Gasteiger partial charge in [0.25, 0.3) is 0 Å². The van der Waals surface area contributed by atoms with Crippen LogP contribution in [0.5, 0.6) is 0 Å². The van der Waals surface area contributed by atoms with Crippen LogP contribution in [0.2, 0.25) is 18.6 Å². The van der Waals surface area contributed by atoms with E-state index in [9.17, 15) is 0 Å². The van der Waals surface area contributed by atoms with Crippen LogP contribution in [0.25, 0.3) is 11.1 Å². The summed E-state index contributed by atoms with van der Waals surface area (Å²) in [6.07, 6.45) is 8.49. The maximum atomic E-state index is 2.55. The number of hydrogen-bond donors (Lipinski definition) is 0. The molecule has 1 unspecified atom stereocenters. The zero-order valence-electron chi connectivity index (χ0n) is 16.1. The Balaban J connectivity index is 1.77. The van der Waals surface area contributed by atoms with Gasteiger partial charge in [0, 0.05) is 0 Å². The van der Waals surface area contributed by atoms with Gasteiger partial charge in [0.05, 0.1) is 8.07 Å². The third-order valence-electron chi connectivity index (χ3n) is 6.09. The first-order valence-electron chi connectivity index (χ1n) is 9.39. The lowest BCUT2D eigenvalue weighted by Crippen LogP contribution is -2.46. The highest BCUT2D eigenvalue weighted by molar-refractivity contribution is 6.92. The van der Waals surface area contributed by atoms with Crippen molar-refractivity contribution in [2.45, 2.75) is 45.8 Å². The number of allylic oxidation sites excluding steroid dienone is 4. The molecule has 0 aromatic heterocycles. The molecule has 0 aliphatic heterocycles. The summed E-state index contributed by atoms with van der Waals surface area (Å²) >= 11 is 0. The summed E-state index contributed by atoms with van der Waals surface area (Å²) < 4.78 is 0. The van der Waals surface area contributed by atoms with E-state index in [1.165, 1.54) is 22.3 Å². The fraction of sp³-hybridized carbons (Fsp3) is 0.333. The van der Waals surface area contributed by atoms with E-state index in [-0.39, 0.29) is 5.41 Å². The molecule has 1 heteroatoms. The van der Waals surface area contributed by atoms with Gasteiger partial charge in [0.2, 0.25) is 0 Å². The van der Waals surface area contributed by atoms with Crippen molar-refractivity contribution in [2.75, 3.05) is 0 Å². The second-order valence-electron chi connectivity index (χ2n) is 9.14. The van der Waals surface area contributed by atoms with E-state index in [0.29, 0.717) is 5.54 Å². The third-order valence-corrected chi connectivity index (χ3v) is 9.97. The van der Waals surface area contributed by atoms with E-state index in [1.54, 1.807) is 10.8 Å². The quantitative estimate of drug-likeness (QED) is 0.494. The first-order chi connectivity index (χ1) is 11.8. The first kappa shape index (κ1) is 16.6. The minimum absolute atomic E-state index is 0.241. The predicted molar refractivity (Wildman–Crippen MR) is 112 cm³/mol. The topological polar surface area (TPSA) is 0 Å². The molecule has 1 atom stereocenters. The van der Waals surface area contributed by atoms with Gasteiger partial charge in [-0.25, -0.2) is 0 Å². The molecule has 0 amide bonds. The fourth-order valence-corrected chi connectivity index (χ4v) is 7.46. The molecule has 0 spiro atoms. The van der Waals surface area contributed by atoms with Gasteiger partial charge in [-0.2, -0.15) is 0 Å². The number of rotatable bonds is 2. The van der Waals surface area contributed by atoms with Gasteiger partial charge >= 0.3 is 0 Å². The van der Waals surface area contributed by atoms with Crippen molar-refractivity contribution in [1.29, 1.82) is 0 Å². The normalized spacial score (nSPS) is 18.9. The lowest BCUT2D eigenvalue weighted by molar-refractivity contribution is 0.518. The van der Waals surface area contributed by atoms with Crippen LogP contribution in [-0.4, -0.2) is 8.07 Å². The molecular formula is C24H28Si. The molecule has 0 saturated heterocycles. The van der Waals surface area contributed by atoms with Crippen LogP contribution in [0.4, 0.5) is 0 Å². The van der Waals surface area contributed by atoms with Crippen LogP contribution in [0.1, 0.15) is 31.9 Å². The highest BCUT2D eigenvalue weighted by atomic mass is 28.3. The molecule has 0 N–H and O–H groups in total. The second-order valence-corrected chi connectivity index (χ2v) is 13.8. The van der Waals surface area contributed by atoms with Gasteiger partial charge in [-0.15, -0.1) is 0 Å². The van der Waals surface area contributed by atoms with Gasteiger partial charge in [-0.1, -0.05) is 99.7 Å². The molecule has 0 fully saturated rings. The molecule has 128 valence electrons. The van der Waals surface area contributed by atoms with Crippen molar-refractivity contribution in [2.24, 2.45) is 5.41 Å². The van der Waals surface area contributed by atoms with E-state index < -0.39 is 8.07 Å². The summed E-state index contributed by atoms with van der Waals surface area (Å²) in [4.78, 5) is 0. The summed E-state index contributed by atoms with van der Waals surface area (Å²) in [5.41, 5.74) is 8.32. The monoisotopic (exact) mass is 344 g/mol. The molecule has 25 heavy (non-hydrogen) atoms. The average molecular weight is 345 g/mol. The molecule has 2 aliphatic rings. The highest BCUT2D eigenvalue weighted by Gasteiger charge is 2.37. The van der Waals surface area contributed by atoms with Crippen molar-refractivity contribution in [3.8, 4) is 11.1 Å². The Bertz CT molecular complexity index is 891. The van der Waals surface area contributed by atoms with E-state index in [0.717, 1.165) is 6.42 Å². The van der Waals surface area contributed by atoms with Crippen LogP contribution in [-0.2, 0) is 6.42 Å². The summed E-state index contributed by atoms with van der Waals surface area (Å²) in [5.74, 6) is 0. The molecule has 0 saturated carbocycles. The molecule has 4 rings (SSSR count). The van der Waals surface area contributed by atoms with E-state index in [1.807, 2.05) is 0 Å². The van der Waals surface area contributed by atoms with Crippen LogP contribution in [0, 0.1) is 5.41 Å². The van der Waals surface area contributed by atoms with Crippen LogP contribution < -0.4 is 5.19 Å². The molecule has 0 heterocycles. The molecular weight excluding hydrogens is 316 g/mol. The smallest absolute Gasteiger partial charge is 0.0797 e. The Hall–Kier alpha value is -1.86. The maximum absolute atomic E-state index is 2.55. The highest BCUT2D eigenvalue weighted by Crippen LogP contribution is 2.41. The Kier molecular flexibility index (Phi) is 3.70. The lowest BCUT2D eigenvalue weighted by atomic mass is 9.87. The van der Waals surface area contributed by atoms with E-state index in [2.05, 4.69) is 94.6 Å². The Morgan fingerprint density at radius 3 is 2.36 bits per heavy atom. The third kappa shape index (κ3) is 2.66. The van der Waals surface area contributed by atoms with Crippen molar-refractivity contribution >= 4 is 13.3 Å². The first-order valence-corrected chi connectivity index (χ1v) is 12.5. The molecule has 2 aromatic rings. The molecule has 0 radical (unpaired) electrons. The maximum Gasteiger partial charge on any atom is 0.0915 e. The van der Waals surface area contributed by atoms with E-state index >= 15 is 0 Å². The summed E-state index contributed by atoms with van der Waals surface area (Å²) in [5, 5.41) is 1.64. The lowest BCUT2D eigenvalue weighted by Gasteiger charge is -2.30. The minimum Gasteiger partial charge on any atom is -0.0797 e. The van der Waals surface area contributed by atoms with Crippen molar-refractivity contribution in [1.82, 2.24) is 0 Å². The second kappa shape index (κ2) is 5.57. The largest absolute Gasteiger partial charge is 0.0915 e. The van der Waals surface area contributed by atoms with Crippen molar-refractivity contribution in [3.63, 3.8) is 0 Å². The van der Waals surface area contributed by atoms with E-state index in [4.69, 9.17) is 0 Å². The van der Waals surface area contributed by atoms with Crippen molar-refractivity contribution in [3.05, 3.63) is 77.4 Å². The zero-order chi connectivity index (χ0) is 17.8. The van der Waals surface area contributed by atoms with Gasteiger partial charge in [-0.3, -0.25) is 0 Å². The Labute approximate surface area is 153 Å². The summed E-state index contributed by atoms with van der Waals surface area (Å²) in [7, 11) is -1.63. The number of benzene rings is 2. The molecule has 2 aliphatic carbocycles. The average Bonchev–Trinajstić information content (AvgIpc) is 3.19. The van der Waals surface area contributed by atoms with Crippen LogP contribution in [0.15, 0.2) is 66.3 Å². The number of hydrogen-bond acceptors (Lipinski definition) is 0. The van der Waals surface area contributed by atoms with Crippen molar-refractivity contribution < 1.29 is 0 Å². The molecule has 0 nitrogen and oxygen atoms in total. The minimum atomic E-state index is -1.63. The summed E-state index contributed by atoms with van der Waals surface area (Å²) in [6, 6.07) is 15.9. The predicted octanol–water partition coefficient (Wildman–Crippen LogP) is 6.09. The summed E-state index contributed by atoms with van der Waals surface area (Å²) in [6.45, 7) is 12.0. The standard InChI is InChI=1S/C24H28Si/c1-24(2,3)18-13-14-19(16-18)25(4,5)23-12-8-11-21-20-10-7-6-9-17(20)15-22(21)23/h6-14,16,19H,15H2,1-5H3. The van der Waals surface area contributed by atoms with Gasteiger partial charge in [0.1, 0.15) is 0 Å². The van der Waals surface area contributed by atoms with Crippen LogP contribution in [0.3, 0.4) is 0 Å². The van der Waals surface area contributed by atoms with Crippen LogP contribution >= 0.6 is 0 Å². The van der Waals surface area contributed by atoms with Gasteiger partial charge in [-0.05, 0) is 45.2 Å². The Morgan fingerprint density at radius 1 is 0.920 bits per heavy atom. The molecule has 0 bridgehead atoms.